The Morgan fingerprint density at radius 3 is 1.86 bits per heavy atom. The van der Waals surface area contributed by atoms with E-state index in [-0.39, 0.29) is 29.7 Å². The van der Waals surface area contributed by atoms with E-state index in [0.717, 1.165) is 6.42 Å². The van der Waals surface area contributed by atoms with E-state index in [9.17, 15) is 0 Å². The van der Waals surface area contributed by atoms with Gasteiger partial charge in [0, 0.05) is 0 Å². The fraction of sp³-hybridized carbons (Fsp3) is 0.450. The molecule has 0 amide bonds. The minimum atomic E-state index is 0. The van der Waals surface area contributed by atoms with Gasteiger partial charge in [0.15, 0.2) is 0 Å². The third kappa shape index (κ3) is 4.57. The summed E-state index contributed by atoms with van der Waals surface area (Å²) >= 11 is 0. The maximum absolute atomic E-state index is 2.35. The van der Waals surface area contributed by atoms with Crippen LogP contribution < -0.4 is 18.9 Å². The molecule has 0 aliphatic heterocycles. The Labute approximate surface area is 142 Å². The average molecular weight is 274 g/mol. The van der Waals surface area contributed by atoms with Crippen molar-refractivity contribution in [3.8, 4) is 0 Å². The molecular formula is C20H27Li. The largest absolute Gasteiger partial charge is 1.00 e. The van der Waals surface area contributed by atoms with Crippen molar-refractivity contribution in [2.24, 2.45) is 5.41 Å². The van der Waals surface area contributed by atoms with Gasteiger partial charge in [-0.05, 0) is 16.5 Å². The third-order valence-electron chi connectivity index (χ3n) is 4.05. The monoisotopic (exact) mass is 274 g/mol. The van der Waals surface area contributed by atoms with Gasteiger partial charge in [-0.15, -0.1) is 11.6 Å². The van der Waals surface area contributed by atoms with Crippen molar-refractivity contribution in [1.29, 1.82) is 0 Å². The average Bonchev–Trinajstić information content (AvgIpc) is 2.37. The van der Waals surface area contributed by atoms with E-state index in [1.165, 1.54) is 22.6 Å². The van der Waals surface area contributed by atoms with Gasteiger partial charge in [0.1, 0.15) is 0 Å². The molecular weight excluding hydrogens is 247 g/mol. The van der Waals surface area contributed by atoms with Gasteiger partial charge in [-0.2, -0.15) is 0 Å². The van der Waals surface area contributed by atoms with Crippen molar-refractivity contribution in [3.05, 3.63) is 59.5 Å². The predicted octanol–water partition coefficient (Wildman–Crippen LogP) is 2.95. The molecule has 21 heavy (non-hydrogen) atoms. The van der Waals surface area contributed by atoms with Crippen molar-refractivity contribution in [1.82, 2.24) is 0 Å². The van der Waals surface area contributed by atoms with Gasteiger partial charge in [-0.1, -0.05) is 77.6 Å². The minimum Gasteiger partial charge on any atom is -0.224 e. The standard InChI is InChI=1S/C20H27.Li/c1-19(2,3)17-11-7-15(8-12-17)16-9-13-18(14-10-16)20(4,5)6;/h7-13H,14H2,1-6H3;/q-1;+1. The zero-order chi connectivity index (χ0) is 15.0. The summed E-state index contributed by atoms with van der Waals surface area (Å²) in [6, 6.07) is 9.01. The Hall–Kier alpha value is -0.833. The molecule has 0 saturated carbocycles. The van der Waals surface area contributed by atoms with Crippen molar-refractivity contribution < 1.29 is 18.9 Å². The first-order valence-corrected chi connectivity index (χ1v) is 7.53. The molecule has 1 heteroatoms. The van der Waals surface area contributed by atoms with E-state index < -0.39 is 0 Å². The molecule has 2 rings (SSSR count). The first kappa shape index (κ1) is 18.2. The van der Waals surface area contributed by atoms with E-state index >= 15 is 0 Å². The van der Waals surface area contributed by atoms with Crippen LogP contribution >= 0.6 is 0 Å². The van der Waals surface area contributed by atoms with E-state index in [0.29, 0.717) is 0 Å². The summed E-state index contributed by atoms with van der Waals surface area (Å²) in [5.41, 5.74) is 4.56. The molecule has 1 aliphatic rings. The SMILES string of the molecule is CC(C)(C)c1ccc(C2=CC[C-](C(C)(C)C)C=C2)cc1.[Li+]. The van der Waals surface area contributed by atoms with Crippen LogP contribution in [0.5, 0.6) is 0 Å². The summed E-state index contributed by atoms with van der Waals surface area (Å²) < 4.78 is 0. The van der Waals surface area contributed by atoms with Gasteiger partial charge in [0.2, 0.25) is 0 Å². The van der Waals surface area contributed by atoms with Crippen molar-refractivity contribution in [2.75, 3.05) is 0 Å². The van der Waals surface area contributed by atoms with Crippen LogP contribution in [0, 0.1) is 11.3 Å². The van der Waals surface area contributed by atoms with Crippen molar-refractivity contribution >= 4 is 5.57 Å². The van der Waals surface area contributed by atoms with Crippen LogP contribution in [0.4, 0.5) is 0 Å². The Kier molecular flexibility index (Phi) is 5.65. The van der Waals surface area contributed by atoms with Crippen LogP contribution in [-0.2, 0) is 5.41 Å². The Morgan fingerprint density at radius 2 is 1.48 bits per heavy atom. The van der Waals surface area contributed by atoms with E-state index in [4.69, 9.17) is 0 Å². The van der Waals surface area contributed by atoms with Gasteiger partial charge in [0.25, 0.3) is 0 Å². The predicted molar refractivity (Wildman–Crippen MR) is 89.6 cm³/mol. The van der Waals surface area contributed by atoms with Crippen molar-refractivity contribution in [2.45, 2.75) is 53.4 Å². The Morgan fingerprint density at radius 1 is 0.905 bits per heavy atom. The number of benzene rings is 1. The zero-order valence-corrected chi connectivity index (χ0v) is 14.7. The van der Waals surface area contributed by atoms with Crippen LogP contribution in [0.25, 0.3) is 5.57 Å². The van der Waals surface area contributed by atoms with E-state index in [1.54, 1.807) is 0 Å². The topological polar surface area (TPSA) is 0 Å². The molecule has 0 nitrogen and oxygen atoms in total. The van der Waals surface area contributed by atoms with Gasteiger partial charge in [0.05, 0.1) is 0 Å². The van der Waals surface area contributed by atoms with Crippen LogP contribution in [0.3, 0.4) is 0 Å². The molecule has 0 N–H and O–H groups in total. The van der Waals surface area contributed by atoms with Crippen LogP contribution in [0.2, 0.25) is 0 Å². The van der Waals surface area contributed by atoms with Gasteiger partial charge >= 0.3 is 18.9 Å². The molecule has 1 aromatic rings. The molecule has 108 valence electrons. The molecule has 0 aromatic heterocycles. The number of allylic oxidation sites excluding steroid dienone is 4. The van der Waals surface area contributed by atoms with Crippen LogP contribution in [0.1, 0.15) is 59.1 Å². The molecule has 0 unspecified atom stereocenters. The summed E-state index contributed by atoms with van der Waals surface area (Å²) in [6.45, 7) is 13.6. The van der Waals surface area contributed by atoms with Crippen molar-refractivity contribution in [3.63, 3.8) is 0 Å². The number of hydrogen-bond donors (Lipinski definition) is 0. The number of hydrogen-bond acceptors (Lipinski definition) is 0. The molecule has 0 saturated heterocycles. The molecule has 1 aromatic carbocycles. The Bertz CT molecular complexity index is 518. The second-order valence-electron chi connectivity index (χ2n) is 7.80. The fourth-order valence-corrected chi connectivity index (χ4v) is 2.48. The maximum Gasteiger partial charge on any atom is 1.00 e. The molecule has 0 radical (unpaired) electrons. The van der Waals surface area contributed by atoms with Crippen LogP contribution in [-0.4, -0.2) is 0 Å². The summed E-state index contributed by atoms with van der Waals surface area (Å²) in [6.07, 6.45) is 7.98. The first-order valence-electron chi connectivity index (χ1n) is 7.53. The molecule has 1 aliphatic carbocycles. The second-order valence-corrected chi connectivity index (χ2v) is 7.80. The summed E-state index contributed by atoms with van der Waals surface area (Å²) in [5.74, 6) is 1.51. The van der Waals surface area contributed by atoms with E-state index in [2.05, 4.69) is 84.0 Å². The summed E-state index contributed by atoms with van der Waals surface area (Å²) in [7, 11) is 0. The molecule has 0 spiro atoms. The van der Waals surface area contributed by atoms with E-state index in [1.807, 2.05) is 0 Å². The molecule has 0 atom stereocenters. The quantitative estimate of drug-likeness (QED) is 0.545. The minimum absolute atomic E-state index is 0. The van der Waals surface area contributed by atoms with Crippen LogP contribution in [0.15, 0.2) is 42.5 Å². The van der Waals surface area contributed by atoms with Gasteiger partial charge < -0.3 is 0 Å². The molecule has 0 heterocycles. The van der Waals surface area contributed by atoms with Gasteiger partial charge in [-0.3, -0.25) is 0 Å². The smallest absolute Gasteiger partial charge is 0.224 e. The number of rotatable bonds is 1. The zero-order valence-electron chi connectivity index (χ0n) is 14.7. The molecule has 0 bridgehead atoms. The van der Waals surface area contributed by atoms with Gasteiger partial charge in [-0.25, -0.2) is 18.1 Å². The summed E-state index contributed by atoms with van der Waals surface area (Å²) in [5, 5.41) is 0. The fourth-order valence-electron chi connectivity index (χ4n) is 2.48. The maximum atomic E-state index is 2.35. The summed E-state index contributed by atoms with van der Waals surface area (Å²) in [4.78, 5) is 0. The second kappa shape index (κ2) is 6.51. The normalized spacial score (nSPS) is 15.5. The molecule has 0 fully saturated rings. The Balaban J connectivity index is 0.00000220. The third-order valence-corrected chi connectivity index (χ3v) is 4.05. The first-order chi connectivity index (χ1) is 9.18.